The van der Waals surface area contributed by atoms with Crippen LogP contribution in [0.3, 0.4) is 0 Å². The van der Waals surface area contributed by atoms with Gasteiger partial charge in [-0.25, -0.2) is 9.59 Å². The number of aromatic nitrogens is 2. The Morgan fingerprint density at radius 3 is 2.48 bits per heavy atom. The number of rotatable bonds is 4. The van der Waals surface area contributed by atoms with Crippen LogP contribution in [0, 0.1) is 5.92 Å². The Kier molecular flexibility index (Phi) is 5.68. The van der Waals surface area contributed by atoms with Crippen molar-refractivity contribution in [3.05, 3.63) is 45.1 Å². The Labute approximate surface area is 158 Å². The molecule has 1 fully saturated rings. The second kappa shape index (κ2) is 7.98. The molecule has 27 heavy (non-hydrogen) atoms. The number of hydrogen-bond donors (Lipinski definition) is 0. The number of benzene rings is 1. The maximum absolute atomic E-state index is 13.2. The summed E-state index contributed by atoms with van der Waals surface area (Å²) < 4.78 is 8.15. The first-order chi connectivity index (χ1) is 12.9. The molecule has 1 saturated heterocycles. The van der Waals surface area contributed by atoms with E-state index in [0.717, 1.165) is 0 Å². The summed E-state index contributed by atoms with van der Waals surface area (Å²) in [5.41, 5.74) is 0.175. The summed E-state index contributed by atoms with van der Waals surface area (Å²) >= 11 is 0. The van der Waals surface area contributed by atoms with E-state index in [1.807, 2.05) is 18.2 Å². The standard InChI is InChI=1S/C20H27N3O4/c1-4-27-20(26)21-11-9-15(10-12-21)23-18(24)16-7-5-6-8-17(16)22(19(23)25)13-14(2)3/h5-8,14-15H,4,9-13H2,1-3H3. The molecule has 7 nitrogen and oxygen atoms in total. The van der Waals surface area contributed by atoms with Gasteiger partial charge in [0.1, 0.15) is 0 Å². The molecule has 2 aromatic rings. The maximum atomic E-state index is 13.2. The molecule has 0 unspecified atom stereocenters. The van der Waals surface area contributed by atoms with Crippen LogP contribution in [0.1, 0.15) is 39.7 Å². The van der Waals surface area contributed by atoms with Gasteiger partial charge in [0.2, 0.25) is 0 Å². The Hall–Kier alpha value is -2.57. The average molecular weight is 373 g/mol. The van der Waals surface area contributed by atoms with Gasteiger partial charge >= 0.3 is 11.8 Å². The van der Waals surface area contributed by atoms with E-state index in [0.29, 0.717) is 50.0 Å². The van der Waals surface area contributed by atoms with Gasteiger partial charge in [0, 0.05) is 25.7 Å². The molecule has 0 bridgehead atoms. The van der Waals surface area contributed by atoms with Crippen molar-refractivity contribution in [2.24, 2.45) is 5.92 Å². The second-order valence-electron chi connectivity index (χ2n) is 7.40. The highest BCUT2D eigenvalue weighted by atomic mass is 16.6. The monoisotopic (exact) mass is 373 g/mol. The van der Waals surface area contributed by atoms with Crippen LogP contribution in [0.25, 0.3) is 10.9 Å². The van der Waals surface area contributed by atoms with Crippen molar-refractivity contribution >= 4 is 17.0 Å². The van der Waals surface area contributed by atoms with E-state index in [9.17, 15) is 14.4 Å². The van der Waals surface area contributed by atoms with Crippen LogP contribution in [-0.4, -0.2) is 39.8 Å². The van der Waals surface area contributed by atoms with Crippen molar-refractivity contribution in [1.82, 2.24) is 14.0 Å². The summed E-state index contributed by atoms with van der Waals surface area (Å²) in [6.07, 6.45) is 0.793. The fourth-order valence-corrected chi connectivity index (χ4v) is 3.72. The lowest BCUT2D eigenvalue weighted by atomic mass is 10.0. The predicted molar refractivity (Wildman–Crippen MR) is 104 cm³/mol. The first kappa shape index (κ1) is 19.2. The molecular weight excluding hydrogens is 346 g/mol. The number of amides is 1. The van der Waals surface area contributed by atoms with Crippen LogP contribution in [-0.2, 0) is 11.3 Å². The summed E-state index contributed by atoms with van der Waals surface area (Å²) in [6, 6.07) is 7.06. The molecule has 1 amide bonds. The molecule has 0 spiro atoms. The van der Waals surface area contributed by atoms with Gasteiger partial charge in [-0.05, 0) is 37.8 Å². The molecule has 146 valence electrons. The predicted octanol–water partition coefficient (Wildman–Crippen LogP) is 2.61. The van der Waals surface area contributed by atoms with Gasteiger partial charge in [-0.15, -0.1) is 0 Å². The van der Waals surface area contributed by atoms with Gasteiger partial charge in [-0.2, -0.15) is 0 Å². The van der Waals surface area contributed by atoms with E-state index in [1.54, 1.807) is 22.5 Å². The molecule has 1 aliphatic rings. The summed E-state index contributed by atoms with van der Waals surface area (Å²) in [4.78, 5) is 39.8. The minimum atomic E-state index is -0.334. The van der Waals surface area contributed by atoms with Gasteiger partial charge in [-0.1, -0.05) is 26.0 Å². The molecule has 0 atom stereocenters. The van der Waals surface area contributed by atoms with E-state index in [-0.39, 0.29) is 29.3 Å². The Balaban J connectivity index is 1.99. The van der Waals surface area contributed by atoms with Crippen molar-refractivity contribution in [2.45, 2.75) is 46.2 Å². The highest BCUT2D eigenvalue weighted by Crippen LogP contribution is 2.21. The third-order valence-corrected chi connectivity index (χ3v) is 4.98. The first-order valence-electron chi connectivity index (χ1n) is 9.59. The number of hydrogen-bond acceptors (Lipinski definition) is 4. The average Bonchev–Trinajstić information content (AvgIpc) is 2.66. The van der Waals surface area contributed by atoms with E-state index < -0.39 is 0 Å². The maximum Gasteiger partial charge on any atom is 0.409 e. The lowest BCUT2D eigenvalue weighted by molar-refractivity contribution is 0.0919. The molecule has 0 radical (unpaired) electrons. The van der Waals surface area contributed by atoms with E-state index in [2.05, 4.69) is 13.8 Å². The van der Waals surface area contributed by atoms with Crippen molar-refractivity contribution < 1.29 is 9.53 Å². The Bertz CT molecular complexity index is 936. The fraction of sp³-hybridized carbons (Fsp3) is 0.550. The third-order valence-electron chi connectivity index (χ3n) is 4.98. The minimum Gasteiger partial charge on any atom is -0.450 e. The molecule has 1 aliphatic heterocycles. The smallest absolute Gasteiger partial charge is 0.409 e. The van der Waals surface area contributed by atoms with Gasteiger partial charge in [0.15, 0.2) is 0 Å². The van der Waals surface area contributed by atoms with Crippen molar-refractivity contribution in [3.8, 4) is 0 Å². The number of ether oxygens (including phenoxy) is 1. The molecule has 7 heteroatoms. The van der Waals surface area contributed by atoms with Crippen molar-refractivity contribution in [1.29, 1.82) is 0 Å². The summed E-state index contributed by atoms with van der Waals surface area (Å²) in [5, 5.41) is 0.561. The number of nitrogens with zero attached hydrogens (tertiary/aromatic N) is 3. The quantitative estimate of drug-likeness (QED) is 0.826. The highest BCUT2D eigenvalue weighted by molar-refractivity contribution is 5.77. The third kappa shape index (κ3) is 3.77. The molecule has 0 saturated carbocycles. The zero-order chi connectivity index (χ0) is 19.6. The number of fused-ring (bicyclic) bond motifs is 1. The number of carbonyl (C=O) groups is 1. The van der Waals surface area contributed by atoms with Crippen molar-refractivity contribution in [2.75, 3.05) is 19.7 Å². The number of para-hydroxylation sites is 1. The number of piperidine rings is 1. The topological polar surface area (TPSA) is 73.5 Å². The Morgan fingerprint density at radius 1 is 1.19 bits per heavy atom. The zero-order valence-electron chi connectivity index (χ0n) is 16.2. The fourth-order valence-electron chi connectivity index (χ4n) is 3.72. The van der Waals surface area contributed by atoms with E-state index in [1.165, 1.54) is 4.57 Å². The van der Waals surface area contributed by atoms with Gasteiger partial charge < -0.3 is 9.64 Å². The highest BCUT2D eigenvalue weighted by Gasteiger charge is 2.27. The van der Waals surface area contributed by atoms with Crippen LogP contribution in [0.5, 0.6) is 0 Å². The van der Waals surface area contributed by atoms with Crippen molar-refractivity contribution in [3.63, 3.8) is 0 Å². The molecule has 1 aromatic heterocycles. The number of carbonyl (C=O) groups excluding carboxylic acids is 1. The normalized spacial score (nSPS) is 15.5. The lowest BCUT2D eigenvalue weighted by Crippen LogP contribution is -2.47. The number of likely N-dealkylation sites (tertiary alicyclic amines) is 1. The molecular formula is C20H27N3O4. The largest absolute Gasteiger partial charge is 0.450 e. The van der Waals surface area contributed by atoms with Gasteiger partial charge in [-0.3, -0.25) is 13.9 Å². The molecule has 0 N–H and O–H groups in total. The van der Waals surface area contributed by atoms with E-state index >= 15 is 0 Å². The SMILES string of the molecule is CCOC(=O)N1CCC(n2c(=O)c3ccccc3n(CC(C)C)c2=O)CC1. The van der Waals surface area contributed by atoms with Crippen LogP contribution >= 0.6 is 0 Å². The second-order valence-corrected chi connectivity index (χ2v) is 7.40. The molecule has 0 aliphatic carbocycles. The van der Waals surface area contributed by atoms with E-state index in [4.69, 9.17) is 4.74 Å². The first-order valence-corrected chi connectivity index (χ1v) is 9.59. The van der Waals surface area contributed by atoms with Crippen LogP contribution in [0.15, 0.2) is 33.9 Å². The van der Waals surface area contributed by atoms with Gasteiger partial charge in [0.05, 0.1) is 17.5 Å². The molecule has 3 rings (SSSR count). The van der Waals surface area contributed by atoms with Crippen LogP contribution in [0.4, 0.5) is 4.79 Å². The Morgan fingerprint density at radius 2 is 1.85 bits per heavy atom. The zero-order valence-corrected chi connectivity index (χ0v) is 16.2. The summed E-state index contributed by atoms with van der Waals surface area (Å²) in [7, 11) is 0. The lowest BCUT2D eigenvalue weighted by Gasteiger charge is -2.32. The summed E-state index contributed by atoms with van der Waals surface area (Å²) in [5.74, 6) is 0.280. The summed E-state index contributed by atoms with van der Waals surface area (Å²) in [6.45, 7) is 7.72. The van der Waals surface area contributed by atoms with Crippen LogP contribution in [0.2, 0.25) is 0 Å². The van der Waals surface area contributed by atoms with Gasteiger partial charge in [0.25, 0.3) is 5.56 Å². The van der Waals surface area contributed by atoms with Crippen LogP contribution < -0.4 is 11.2 Å². The minimum absolute atomic E-state index is 0.210. The molecule has 2 heterocycles. The molecule has 1 aromatic carbocycles.